The Morgan fingerprint density at radius 3 is 2.12 bits per heavy atom. The van der Waals surface area contributed by atoms with Gasteiger partial charge in [0.05, 0.1) is 54.0 Å². The highest BCUT2D eigenvalue weighted by Gasteiger charge is 2.23. The number of aliphatic hydroxyl groups excluding tert-OH is 1. The van der Waals surface area contributed by atoms with Gasteiger partial charge < -0.3 is 48.5 Å². The van der Waals surface area contributed by atoms with E-state index < -0.39 is 11.9 Å². The molecule has 0 radical (unpaired) electrons. The van der Waals surface area contributed by atoms with Crippen LogP contribution >= 0.6 is 0 Å². The maximum absolute atomic E-state index is 15.6. The van der Waals surface area contributed by atoms with Gasteiger partial charge >= 0.3 is 12.1 Å². The first kappa shape index (κ1) is 41.1. The van der Waals surface area contributed by atoms with E-state index in [0.717, 1.165) is 17.5 Å². The van der Waals surface area contributed by atoms with Crippen LogP contribution in [0, 0.1) is 5.82 Å². The van der Waals surface area contributed by atoms with Gasteiger partial charge in [0.15, 0.2) is 34.5 Å². The van der Waals surface area contributed by atoms with Gasteiger partial charge in [0.25, 0.3) is 0 Å². The fourth-order valence-electron chi connectivity index (χ4n) is 6.11. The van der Waals surface area contributed by atoms with Crippen LogP contribution in [0.15, 0.2) is 60.8 Å². The van der Waals surface area contributed by atoms with E-state index in [1.54, 1.807) is 51.3 Å². The summed E-state index contributed by atoms with van der Waals surface area (Å²) >= 11 is 0. The Morgan fingerprint density at radius 1 is 0.893 bits per heavy atom. The lowest BCUT2D eigenvalue weighted by Gasteiger charge is -2.26. The van der Waals surface area contributed by atoms with Crippen LogP contribution in [-0.2, 0) is 24.2 Å². The number of amides is 1. The van der Waals surface area contributed by atoms with Crippen LogP contribution in [0.3, 0.4) is 0 Å². The van der Waals surface area contributed by atoms with E-state index in [9.17, 15) is 9.90 Å². The van der Waals surface area contributed by atoms with Gasteiger partial charge in [-0.2, -0.15) is 4.98 Å². The van der Waals surface area contributed by atoms with Gasteiger partial charge in [-0.25, -0.2) is 18.7 Å². The number of carbonyl (C=O) groups is 1. The van der Waals surface area contributed by atoms with Crippen LogP contribution in [0.25, 0.3) is 5.65 Å². The Kier molecular flexibility index (Phi) is 14.7. The molecule has 3 aromatic carbocycles. The largest absolute Gasteiger partial charge is 0.493 e. The third kappa shape index (κ3) is 10.4. The van der Waals surface area contributed by atoms with Gasteiger partial charge in [0.2, 0.25) is 0 Å². The SMILES string of the molecule is CCCC(CCO)Oc1nc(N(Cc2ccc(OC)c(OC)c2)Cc2ccc(OC)c(OC)c2)c2ncc(Cc3ccc(OCCNC(=O)OC)cc3F)n2n1. The first-order chi connectivity index (χ1) is 27.2. The molecule has 0 saturated carbocycles. The van der Waals surface area contributed by atoms with E-state index in [0.29, 0.717) is 77.4 Å². The van der Waals surface area contributed by atoms with Gasteiger partial charge in [0, 0.05) is 38.6 Å². The highest BCUT2D eigenvalue weighted by atomic mass is 19.1. The number of anilines is 1. The average molecular weight is 777 g/mol. The Morgan fingerprint density at radius 2 is 1.55 bits per heavy atom. The molecule has 2 aromatic heterocycles. The van der Waals surface area contributed by atoms with Crippen molar-refractivity contribution in [2.75, 3.05) is 60.2 Å². The molecular weight excluding hydrogens is 727 g/mol. The Hall–Kier alpha value is -6.03. The summed E-state index contributed by atoms with van der Waals surface area (Å²) in [6.45, 7) is 2.99. The molecule has 1 atom stereocenters. The number of alkyl carbamates (subject to hydrolysis) is 1. The number of nitrogens with one attached hydrogen (secondary N) is 1. The predicted octanol–water partition coefficient (Wildman–Crippen LogP) is 5.76. The summed E-state index contributed by atoms with van der Waals surface area (Å²) in [6.07, 6.45) is 2.73. The minimum atomic E-state index is -0.581. The first-order valence-corrected chi connectivity index (χ1v) is 18.2. The second-order valence-corrected chi connectivity index (χ2v) is 12.7. The molecule has 0 aliphatic carbocycles. The standard InChI is InChI=1S/C40H49FN6O9/c1-7-8-30(15-17-48)56-39-44-38(37-43-23-29(47(37)45-39)21-28-11-12-31(22-32(28)41)55-18-16-42-40(49)54-6)46(24-26-9-13-33(50-2)35(19-26)52-4)25-27-10-14-34(51-3)36(20-27)53-5/h9-14,19-20,22-23,30,48H,7-8,15-18,21,24-25H2,1-6H3,(H,42,49). The van der Waals surface area contributed by atoms with Crippen molar-refractivity contribution in [3.8, 4) is 34.8 Å². The monoisotopic (exact) mass is 776 g/mol. The molecule has 0 spiro atoms. The molecule has 2 N–H and O–H groups in total. The van der Waals surface area contributed by atoms with Crippen molar-refractivity contribution in [1.82, 2.24) is 24.9 Å². The lowest BCUT2D eigenvalue weighted by atomic mass is 10.1. The van der Waals surface area contributed by atoms with Crippen molar-refractivity contribution in [2.24, 2.45) is 0 Å². The predicted molar refractivity (Wildman–Crippen MR) is 206 cm³/mol. The molecule has 15 nitrogen and oxygen atoms in total. The fraction of sp³-hybridized carbons (Fsp3) is 0.400. The number of halogens is 1. The number of hydrogen-bond donors (Lipinski definition) is 2. The van der Waals surface area contributed by atoms with Crippen LogP contribution in [-0.4, -0.2) is 92.2 Å². The quantitative estimate of drug-likeness (QED) is 0.0867. The lowest BCUT2D eigenvalue weighted by molar-refractivity contribution is 0.133. The number of benzene rings is 3. The zero-order valence-corrected chi connectivity index (χ0v) is 32.5. The molecule has 0 saturated heterocycles. The van der Waals surface area contributed by atoms with Crippen LogP contribution < -0.4 is 38.6 Å². The number of methoxy groups -OCH3 is 5. The van der Waals surface area contributed by atoms with Crippen molar-refractivity contribution < 1.29 is 47.4 Å². The van der Waals surface area contributed by atoms with Crippen molar-refractivity contribution in [2.45, 2.75) is 51.8 Å². The minimum absolute atomic E-state index is 0.0679. The van der Waals surface area contributed by atoms with Gasteiger partial charge in [0.1, 0.15) is 24.3 Å². The summed E-state index contributed by atoms with van der Waals surface area (Å²) in [6, 6.07) is 16.0. The number of rotatable bonds is 21. The van der Waals surface area contributed by atoms with Crippen molar-refractivity contribution >= 4 is 17.6 Å². The van der Waals surface area contributed by atoms with Crippen LogP contribution in [0.4, 0.5) is 15.0 Å². The molecule has 1 amide bonds. The zero-order valence-electron chi connectivity index (χ0n) is 32.5. The maximum Gasteiger partial charge on any atom is 0.406 e. The molecule has 0 aliphatic rings. The molecular formula is C40H49FN6O9. The molecule has 2 heterocycles. The second-order valence-electron chi connectivity index (χ2n) is 12.7. The average Bonchev–Trinajstić information content (AvgIpc) is 3.61. The number of fused-ring (bicyclic) bond motifs is 1. The molecule has 0 bridgehead atoms. The number of carbonyl (C=O) groups excluding carboxylic acids is 1. The summed E-state index contributed by atoms with van der Waals surface area (Å²) in [4.78, 5) is 23.1. The third-order valence-electron chi connectivity index (χ3n) is 8.89. The number of nitrogens with zero attached hydrogens (tertiary/aromatic N) is 5. The number of hydrogen-bond acceptors (Lipinski definition) is 13. The molecule has 56 heavy (non-hydrogen) atoms. The van der Waals surface area contributed by atoms with Gasteiger partial charge in [-0.05, 0) is 53.4 Å². The maximum atomic E-state index is 15.6. The van der Waals surface area contributed by atoms with E-state index in [1.165, 1.54) is 13.2 Å². The molecule has 5 aromatic rings. The summed E-state index contributed by atoms with van der Waals surface area (Å²) in [5.41, 5.74) is 3.16. The van der Waals surface area contributed by atoms with E-state index in [1.807, 2.05) is 48.2 Å². The van der Waals surface area contributed by atoms with Crippen molar-refractivity contribution in [1.29, 1.82) is 0 Å². The van der Waals surface area contributed by atoms with Crippen LogP contribution in [0.2, 0.25) is 0 Å². The third-order valence-corrected chi connectivity index (χ3v) is 8.89. The summed E-state index contributed by atoms with van der Waals surface area (Å²) in [5.74, 6) is 2.59. The second kappa shape index (κ2) is 20.0. The Labute approximate surface area is 325 Å². The molecule has 5 rings (SSSR count). The number of aromatic nitrogens is 4. The van der Waals surface area contributed by atoms with Crippen LogP contribution in [0.1, 0.15) is 48.6 Å². The molecule has 0 fully saturated rings. The topological polar surface area (TPSA) is 160 Å². The molecule has 0 aliphatic heterocycles. The smallest absolute Gasteiger partial charge is 0.406 e. The van der Waals surface area contributed by atoms with Gasteiger partial charge in [-0.3, -0.25) is 0 Å². The van der Waals surface area contributed by atoms with E-state index >= 15 is 4.39 Å². The zero-order chi connectivity index (χ0) is 40.0. The summed E-state index contributed by atoms with van der Waals surface area (Å²) in [7, 11) is 7.60. The summed E-state index contributed by atoms with van der Waals surface area (Å²) in [5, 5.41) is 17.1. The summed E-state index contributed by atoms with van der Waals surface area (Å²) < 4.78 is 55.9. The first-order valence-electron chi connectivity index (χ1n) is 18.2. The van der Waals surface area contributed by atoms with E-state index in [2.05, 4.69) is 10.1 Å². The fourth-order valence-corrected chi connectivity index (χ4v) is 6.11. The lowest BCUT2D eigenvalue weighted by Crippen LogP contribution is -2.27. The molecule has 300 valence electrons. The molecule has 16 heteroatoms. The number of aliphatic hydroxyl groups is 1. The normalized spacial score (nSPS) is 11.5. The minimum Gasteiger partial charge on any atom is -0.493 e. The van der Waals surface area contributed by atoms with Crippen molar-refractivity contribution in [3.05, 3.63) is 89.0 Å². The van der Waals surface area contributed by atoms with Gasteiger partial charge in [-0.15, -0.1) is 5.10 Å². The van der Waals surface area contributed by atoms with E-state index in [-0.39, 0.29) is 38.3 Å². The number of imidazole rings is 1. The molecule has 1 unspecified atom stereocenters. The number of ether oxygens (including phenoxy) is 7. The highest BCUT2D eigenvalue weighted by molar-refractivity contribution is 5.67. The Bertz CT molecular complexity index is 2000. The van der Waals surface area contributed by atoms with Crippen molar-refractivity contribution in [3.63, 3.8) is 0 Å². The highest BCUT2D eigenvalue weighted by Crippen LogP contribution is 2.33. The van der Waals surface area contributed by atoms with Gasteiger partial charge in [-0.1, -0.05) is 31.5 Å². The van der Waals surface area contributed by atoms with E-state index in [4.69, 9.17) is 43.5 Å². The Balaban J connectivity index is 1.57. The van der Waals surface area contributed by atoms with Crippen LogP contribution in [0.5, 0.6) is 34.8 Å².